The van der Waals surface area contributed by atoms with Gasteiger partial charge >= 0.3 is 17.8 Å². The van der Waals surface area contributed by atoms with Crippen molar-refractivity contribution >= 4 is 22.9 Å². The van der Waals surface area contributed by atoms with E-state index in [1.165, 1.54) is 26.0 Å². The van der Waals surface area contributed by atoms with Crippen LogP contribution in [0.4, 0.5) is 13.2 Å². The zero-order chi connectivity index (χ0) is 28.6. The molecule has 0 aliphatic carbocycles. The second-order valence-electron chi connectivity index (χ2n) is 8.92. The predicted octanol–water partition coefficient (Wildman–Crippen LogP) is 2.55. The van der Waals surface area contributed by atoms with E-state index in [-0.39, 0.29) is 16.8 Å². The van der Waals surface area contributed by atoms with Crippen molar-refractivity contribution in [1.29, 1.82) is 0 Å². The minimum Gasteiger partial charge on any atom is -0.467 e. The van der Waals surface area contributed by atoms with Crippen LogP contribution >= 0.6 is 0 Å². The number of aromatic nitrogens is 4. The summed E-state index contributed by atoms with van der Waals surface area (Å²) in [5, 5.41) is 2.34. The van der Waals surface area contributed by atoms with Gasteiger partial charge in [-0.05, 0) is 49.2 Å². The van der Waals surface area contributed by atoms with Crippen LogP contribution < -0.4 is 16.6 Å². The highest BCUT2D eigenvalue weighted by molar-refractivity contribution is 5.96. The summed E-state index contributed by atoms with van der Waals surface area (Å²) in [4.78, 5) is 56.1. The second-order valence-corrected chi connectivity index (χ2v) is 8.92. The number of hydrogen-bond acceptors (Lipinski definition) is 6. The number of nitrogens with zero attached hydrogens (tertiary/aromatic N) is 4. The maximum atomic E-state index is 13.6. The summed E-state index contributed by atoms with van der Waals surface area (Å²) in [6.45, 7) is 2.05. The highest BCUT2D eigenvalue weighted by atomic mass is 19.4. The van der Waals surface area contributed by atoms with E-state index in [1.807, 2.05) is 0 Å². The van der Waals surface area contributed by atoms with Crippen molar-refractivity contribution in [1.82, 2.24) is 24.0 Å². The molecule has 10 nitrogen and oxygen atoms in total. The number of methoxy groups -OCH3 is 1. The Morgan fingerprint density at radius 1 is 1.15 bits per heavy atom. The van der Waals surface area contributed by atoms with E-state index in [2.05, 4.69) is 15.0 Å². The number of alkyl halides is 3. The van der Waals surface area contributed by atoms with Crippen molar-refractivity contribution in [2.75, 3.05) is 7.11 Å². The number of ether oxygens (including phenoxy) is 1. The third-order valence-electron chi connectivity index (χ3n) is 6.38. The SMILES string of the molecule is COC(=O)[C@H](C)NC(=O)c1cn(-c2ccc3c(c2)ncn3C)c(=O)n(Cc2cccc(C(F)(F)F)c2C)c1=O. The molecule has 39 heavy (non-hydrogen) atoms. The van der Waals surface area contributed by atoms with E-state index < -0.39 is 53.0 Å². The molecular weight excluding hydrogens is 519 g/mol. The molecule has 1 amide bonds. The first-order valence-corrected chi connectivity index (χ1v) is 11.7. The van der Waals surface area contributed by atoms with Crippen LogP contribution in [0.3, 0.4) is 0 Å². The standard InChI is InChI=1S/C26H24F3N5O5/c1-14-16(6-5-7-19(14)26(27,28)29)11-34-23(36)18(22(35)31-15(2)24(37)39-4)12-33(25(34)38)17-8-9-21-20(10-17)30-13-32(21)3/h5-10,12-13,15H,11H2,1-4H3,(H,31,35)/t15-/m0/s1. The van der Waals surface area contributed by atoms with Crippen molar-refractivity contribution in [2.24, 2.45) is 7.05 Å². The maximum absolute atomic E-state index is 13.6. The fourth-order valence-corrected chi connectivity index (χ4v) is 4.20. The van der Waals surface area contributed by atoms with Gasteiger partial charge in [0.1, 0.15) is 11.6 Å². The molecule has 204 valence electrons. The number of carbonyl (C=O) groups is 2. The van der Waals surface area contributed by atoms with Crippen LogP contribution in [-0.4, -0.2) is 43.7 Å². The van der Waals surface area contributed by atoms with Gasteiger partial charge in [0.25, 0.3) is 11.5 Å². The summed E-state index contributed by atoms with van der Waals surface area (Å²) < 4.78 is 48.6. The Morgan fingerprint density at radius 3 is 2.54 bits per heavy atom. The molecule has 2 aromatic carbocycles. The first-order valence-electron chi connectivity index (χ1n) is 11.7. The number of esters is 1. The average Bonchev–Trinajstić information content (AvgIpc) is 3.25. The molecule has 4 aromatic rings. The van der Waals surface area contributed by atoms with Gasteiger partial charge in [-0.1, -0.05) is 12.1 Å². The second kappa shape index (κ2) is 10.2. The van der Waals surface area contributed by atoms with Crippen LogP contribution in [0.15, 0.2) is 58.5 Å². The molecule has 2 aromatic heterocycles. The van der Waals surface area contributed by atoms with Gasteiger partial charge in [0.2, 0.25) is 0 Å². The van der Waals surface area contributed by atoms with Gasteiger partial charge < -0.3 is 14.6 Å². The van der Waals surface area contributed by atoms with E-state index in [4.69, 9.17) is 0 Å². The fraction of sp³-hybridized carbons (Fsp3) is 0.269. The molecule has 0 aliphatic heterocycles. The van der Waals surface area contributed by atoms with E-state index in [0.717, 1.165) is 29.5 Å². The van der Waals surface area contributed by atoms with Crippen molar-refractivity contribution < 1.29 is 27.5 Å². The number of nitrogens with one attached hydrogen (secondary N) is 1. The lowest BCUT2D eigenvalue weighted by atomic mass is 10.0. The Kier molecular flexibility index (Phi) is 7.18. The molecule has 0 radical (unpaired) electrons. The van der Waals surface area contributed by atoms with Gasteiger partial charge in [-0.3, -0.25) is 18.7 Å². The van der Waals surface area contributed by atoms with Crippen molar-refractivity contribution in [2.45, 2.75) is 32.6 Å². The van der Waals surface area contributed by atoms with Gasteiger partial charge in [-0.25, -0.2) is 14.6 Å². The van der Waals surface area contributed by atoms with Crippen LogP contribution in [0.5, 0.6) is 0 Å². The number of benzene rings is 2. The summed E-state index contributed by atoms with van der Waals surface area (Å²) in [5.41, 5.74) is -1.89. The molecule has 1 atom stereocenters. The Balaban J connectivity index is 1.91. The Hall–Kier alpha value is -4.68. The predicted molar refractivity (Wildman–Crippen MR) is 135 cm³/mol. The summed E-state index contributed by atoms with van der Waals surface area (Å²) in [6, 6.07) is 7.17. The van der Waals surface area contributed by atoms with Crippen molar-refractivity contribution in [3.05, 3.63) is 92.0 Å². The minimum atomic E-state index is -4.64. The van der Waals surface area contributed by atoms with Gasteiger partial charge in [0.15, 0.2) is 0 Å². The van der Waals surface area contributed by atoms with Crippen LogP contribution in [0, 0.1) is 6.92 Å². The van der Waals surface area contributed by atoms with Crippen molar-refractivity contribution in [3.63, 3.8) is 0 Å². The van der Waals surface area contributed by atoms with E-state index in [1.54, 1.807) is 36.1 Å². The molecule has 4 rings (SSSR count). The molecule has 0 unspecified atom stereocenters. The first-order chi connectivity index (χ1) is 18.3. The minimum absolute atomic E-state index is 0.0660. The number of aryl methyl sites for hydroxylation is 1. The molecule has 2 heterocycles. The number of carbonyl (C=O) groups excluding carboxylic acids is 2. The number of rotatable bonds is 6. The monoisotopic (exact) mass is 543 g/mol. The number of imidazole rings is 1. The average molecular weight is 544 g/mol. The highest BCUT2D eigenvalue weighted by Gasteiger charge is 2.33. The number of hydrogen-bond donors (Lipinski definition) is 1. The smallest absolute Gasteiger partial charge is 0.416 e. The molecule has 1 N–H and O–H groups in total. The lowest BCUT2D eigenvalue weighted by Crippen LogP contribution is -2.46. The lowest BCUT2D eigenvalue weighted by molar-refractivity contribution is -0.142. The van der Waals surface area contributed by atoms with Gasteiger partial charge in [-0.15, -0.1) is 0 Å². The molecule has 0 bridgehead atoms. The largest absolute Gasteiger partial charge is 0.467 e. The molecular formula is C26H24F3N5O5. The zero-order valence-corrected chi connectivity index (χ0v) is 21.4. The summed E-state index contributed by atoms with van der Waals surface area (Å²) in [6.07, 6.45) is -2.04. The number of amides is 1. The van der Waals surface area contributed by atoms with Gasteiger partial charge in [0, 0.05) is 13.2 Å². The quantitative estimate of drug-likeness (QED) is 0.374. The van der Waals surface area contributed by atoms with Crippen molar-refractivity contribution in [3.8, 4) is 5.69 Å². The van der Waals surface area contributed by atoms with Gasteiger partial charge in [0.05, 0.1) is 42.3 Å². The third kappa shape index (κ3) is 5.19. The van der Waals surface area contributed by atoms with Gasteiger partial charge in [-0.2, -0.15) is 13.2 Å². The fourth-order valence-electron chi connectivity index (χ4n) is 4.20. The lowest BCUT2D eigenvalue weighted by Gasteiger charge is -2.17. The molecule has 0 saturated heterocycles. The highest BCUT2D eigenvalue weighted by Crippen LogP contribution is 2.33. The molecule has 0 saturated carbocycles. The van der Waals surface area contributed by atoms with Crippen LogP contribution in [0.1, 0.15) is 34.0 Å². The first kappa shape index (κ1) is 27.4. The van der Waals surface area contributed by atoms with Crippen LogP contribution in [0.2, 0.25) is 0 Å². The van der Waals surface area contributed by atoms with Crippen LogP contribution in [0.25, 0.3) is 16.7 Å². The Labute approximate surface area is 219 Å². The van der Waals surface area contributed by atoms with E-state index in [9.17, 15) is 32.3 Å². The normalized spacial score (nSPS) is 12.4. The zero-order valence-electron chi connectivity index (χ0n) is 21.4. The maximum Gasteiger partial charge on any atom is 0.416 e. The molecule has 0 spiro atoms. The summed E-state index contributed by atoms with van der Waals surface area (Å²) >= 11 is 0. The molecule has 13 heteroatoms. The topological polar surface area (TPSA) is 117 Å². The molecule has 0 fully saturated rings. The summed E-state index contributed by atoms with van der Waals surface area (Å²) in [7, 11) is 2.91. The summed E-state index contributed by atoms with van der Waals surface area (Å²) in [5.74, 6) is -1.74. The Morgan fingerprint density at radius 2 is 1.87 bits per heavy atom. The van der Waals surface area contributed by atoms with E-state index in [0.29, 0.717) is 10.1 Å². The molecule has 0 aliphatic rings. The van der Waals surface area contributed by atoms with Crippen LogP contribution in [-0.2, 0) is 29.3 Å². The Bertz CT molecular complexity index is 1720. The number of fused-ring (bicyclic) bond motifs is 1. The third-order valence-corrected chi connectivity index (χ3v) is 6.38. The number of halogens is 3. The van der Waals surface area contributed by atoms with E-state index >= 15 is 0 Å².